The van der Waals surface area contributed by atoms with Gasteiger partial charge < -0.3 is 19.9 Å². The van der Waals surface area contributed by atoms with Crippen LogP contribution in [0.1, 0.15) is 11.8 Å². The number of amides is 1. The summed E-state index contributed by atoms with van der Waals surface area (Å²) in [6.07, 6.45) is -1.60. The molecule has 0 aliphatic heterocycles. The van der Waals surface area contributed by atoms with Gasteiger partial charge in [0.2, 0.25) is 0 Å². The second-order valence-electron chi connectivity index (χ2n) is 6.65. The molecule has 1 atom stereocenters. The number of aliphatic hydroxyl groups excluding tert-OH is 1. The number of ether oxygens (including phenoxy) is 2. The molecule has 7 nitrogen and oxygen atoms in total. The first-order valence-corrected chi connectivity index (χ1v) is 9.35. The van der Waals surface area contributed by atoms with Crippen LogP contribution < -0.4 is 15.4 Å². The molecule has 4 rings (SSSR count). The van der Waals surface area contributed by atoms with Crippen LogP contribution in [0.4, 0.5) is 16.2 Å². The fourth-order valence-electron chi connectivity index (χ4n) is 3.38. The summed E-state index contributed by atoms with van der Waals surface area (Å²) >= 11 is 0. The Hall–Kier alpha value is -3.84. The topological polar surface area (TPSA) is 92.7 Å². The predicted octanol–water partition coefficient (Wildman–Crippen LogP) is 4.68. The number of nitrogens with zero attached hydrogens (tertiary/aromatic N) is 1. The number of carbonyl (C=O) groups is 1. The lowest BCUT2D eigenvalue weighted by Gasteiger charge is -2.19. The zero-order valence-corrected chi connectivity index (χ0v) is 16.5. The Balaban J connectivity index is 1.77. The molecule has 0 aliphatic carbocycles. The van der Waals surface area contributed by atoms with Crippen LogP contribution in [0.5, 0.6) is 5.75 Å². The lowest BCUT2D eigenvalue weighted by molar-refractivity contribution is 0.187. The first-order chi connectivity index (χ1) is 14.6. The van der Waals surface area contributed by atoms with E-state index < -0.39 is 12.3 Å². The van der Waals surface area contributed by atoms with E-state index in [1.54, 1.807) is 31.4 Å². The van der Waals surface area contributed by atoms with E-state index in [1.807, 2.05) is 42.5 Å². The summed E-state index contributed by atoms with van der Waals surface area (Å²) in [5.41, 5.74) is 3.33. The van der Waals surface area contributed by atoms with Crippen LogP contribution in [0.15, 0.2) is 66.7 Å². The molecule has 1 unspecified atom stereocenters. The zero-order chi connectivity index (χ0) is 21.1. The van der Waals surface area contributed by atoms with E-state index in [0.29, 0.717) is 22.5 Å². The fourth-order valence-corrected chi connectivity index (χ4v) is 3.38. The molecular formula is C23H21N3O4. The van der Waals surface area contributed by atoms with Gasteiger partial charge in [-0.25, -0.2) is 9.78 Å². The van der Waals surface area contributed by atoms with Crippen molar-refractivity contribution in [1.82, 2.24) is 4.98 Å². The molecule has 1 amide bonds. The Morgan fingerprint density at radius 2 is 1.77 bits per heavy atom. The van der Waals surface area contributed by atoms with Crippen LogP contribution in [0, 0.1) is 0 Å². The monoisotopic (exact) mass is 403 g/mol. The Kier molecular flexibility index (Phi) is 5.36. The quantitative estimate of drug-likeness (QED) is 0.331. The van der Waals surface area contributed by atoms with Gasteiger partial charge in [-0.15, -0.1) is 0 Å². The fraction of sp³-hybridized carbons (Fsp3) is 0.130. The van der Waals surface area contributed by atoms with Gasteiger partial charge in [-0.05, 0) is 24.3 Å². The Labute approximate surface area is 173 Å². The van der Waals surface area contributed by atoms with E-state index in [9.17, 15) is 9.90 Å². The summed E-state index contributed by atoms with van der Waals surface area (Å²) in [6.45, 7) is 0. The summed E-state index contributed by atoms with van der Waals surface area (Å²) in [7, 11) is 2.90. The number of nitrogens with one attached hydrogen (secondary N) is 2. The van der Waals surface area contributed by atoms with Crippen molar-refractivity contribution in [3.63, 3.8) is 0 Å². The van der Waals surface area contributed by atoms with Crippen molar-refractivity contribution < 1.29 is 19.4 Å². The number of aromatic nitrogens is 1. The Morgan fingerprint density at radius 3 is 2.57 bits per heavy atom. The number of fused-ring (bicyclic) bond motifs is 2. The molecule has 0 spiro atoms. The van der Waals surface area contributed by atoms with Crippen molar-refractivity contribution in [2.45, 2.75) is 6.23 Å². The maximum atomic E-state index is 11.5. The molecular weight excluding hydrogens is 382 g/mol. The molecule has 1 aromatic heterocycles. The third-order valence-corrected chi connectivity index (χ3v) is 4.81. The highest BCUT2D eigenvalue weighted by molar-refractivity contribution is 6.09. The van der Waals surface area contributed by atoms with Gasteiger partial charge in [-0.3, -0.25) is 5.32 Å². The lowest BCUT2D eigenvalue weighted by atomic mass is 10.1. The molecule has 0 aliphatic rings. The molecule has 30 heavy (non-hydrogen) atoms. The normalized spacial score (nSPS) is 11.8. The van der Waals surface area contributed by atoms with Crippen LogP contribution in [0.25, 0.3) is 21.8 Å². The maximum absolute atomic E-state index is 11.5. The van der Waals surface area contributed by atoms with Gasteiger partial charge in [0.15, 0.2) is 6.23 Å². The third kappa shape index (κ3) is 3.70. The molecule has 0 saturated heterocycles. The number of carbonyl (C=O) groups excluding carboxylic acids is 1. The van der Waals surface area contributed by atoms with E-state index in [4.69, 9.17) is 9.72 Å². The van der Waals surface area contributed by atoms with Gasteiger partial charge in [0.05, 0.1) is 25.4 Å². The minimum absolute atomic E-state index is 0.520. The standard InChI is InChI=1S/C23H21N3O4/c1-29-19-12-6-10-17-20(16-9-3-4-11-18(16)25-21(17)19)26-22(27)14-7-5-8-15(13-14)24-23(28)30-2/h3-13,22,27H,1-2H3,(H,24,28)(H,25,26). The third-order valence-electron chi connectivity index (χ3n) is 4.81. The highest BCUT2D eigenvalue weighted by atomic mass is 16.5. The van der Waals surface area contributed by atoms with Gasteiger partial charge in [0, 0.05) is 22.0 Å². The van der Waals surface area contributed by atoms with Crippen molar-refractivity contribution >= 4 is 39.3 Å². The molecule has 0 saturated carbocycles. The van der Waals surface area contributed by atoms with E-state index >= 15 is 0 Å². The molecule has 4 aromatic rings. The van der Waals surface area contributed by atoms with E-state index in [2.05, 4.69) is 15.4 Å². The number of aliphatic hydroxyl groups is 1. The highest BCUT2D eigenvalue weighted by Gasteiger charge is 2.16. The van der Waals surface area contributed by atoms with Crippen molar-refractivity contribution in [3.05, 3.63) is 72.3 Å². The summed E-state index contributed by atoms with van der Waals surface area (Å²) in [5, 5.41) is 18.4. The first-order valence-electron chi connectivity index (χ1n) is 9.35. The largest absolute Gasteiger partial charge is 0.494 e. The second-order valence-corrected chi connectivity index (χ2v) is 6.65. The summed E-state index contributed by atoms with van der Waals surface area (Å²) < 4.78 is 10.1. The number of para-hydroxylation sites is 2. The molecule has 3 N–H and O–H groups in total. The number of methoxy groups -OCH3 is 2. The van der Waals surface area contributed by atoms with Crippen LogP contribution >= 0.6 is 0 Å². The first kappa shape index (κ1) is 19.5. The SMILES string of the molecule is COC(=O)Nc1cccc(C(O)Nc2c3ccccc3nc3c(OC)cccc23)c1. The maximum Gasteiger partial charge on any atom is 0.411 e. The van der Waals surface area contributed by atoms with Gasteiger partial charge in [-0.2, -0.15) is 0 Å². The van der Waals surface area contributed by atoms with Crippen LogP contribution in [0.3, 0.4) is 0 Å². The van der Waals surface area contributed by atoms with E-state index in [-0.39, 0.29) is 0 Å². The average molecular weight is 403 g/mol. The van der Waals surface area contributed by atoms with Gasteiger partial charge in [0.1, 0.15) is 11.3 Å². The lowest BCUT2D eigenvalue weighted by Crippen LogP contribution is -2.13. The summed E-state index contributed by atoms with van der Waals surface area (Å²) in [6, 6.07) is 20.3. The number of hydrogen-bond donors (Lipinski definition) is 3. The minimum Gasteiger partial charge on any atom is -0.494 e. The summed E-state index contributed by atoms with van der Waals surface area (Å²) in [5.74, 6) is 0.653. The van der Waals surface area contributed by atoms with Gasteiger partial charge >= 0.3 is 6.09 Å². The van der Waals surface area contributed by atoms with Crippen molar-refractivity contribution in [3.8, 4) is 5.75 Å². The number of anilines is 2. The number of pyridine rings is 1. The number of hydrogen-bond acceptors (Lipinski definition) is 6. The molecule has 0 bridgehead atoms. The smallest absolute Gasteiger partial charge is 0.411 e. The van der Waals surface area contributed by atoms with Crippen molar-refractivity contribution in [2.24, 2.45) is 0 Å². The zero-order valence-electron chi connectivity index (χ0n) is 16.5. The van der Waals surface area contributed by atoms with E-state index in [1.165, 1.54) is 7.11 Å². The Morgan fingerprint density at radius 1 is 1.00 bits per heavy atom. The number of benzene rings is 3. The van der Waals surface area contributed by atoms with Gasteiger partial charge in [-0.1, -0.05) is 42.5 Å². The molecule has 1 heterocycles. The molecule has 7 heteroatoms. The predicted molar refractivity (Wildman–Crippen MR) is 117 cm³/mol. The van der Waals surface area contributed by atoms with Gasteiger partial charge in [0.25, 0.3) is 0 Å². The minimum atomic E-state index is -1.02. The second kappa shape index (κ2) is 8.26. The molecule has 0 radical (unpaired) electrons. The van der Waals surface area contributed by atoms with Crippen LogP contribution in [-0.4, -0.2) is 30.4 Å². The van der Waals surface area contributed by atoms with E-state index in [0.717, 1.165) is 22.0 Å². The number of rotatable bonds is 5. The average Bonchev–Trinajstić information content (AvgIpc) is 2.78. The van der Waals surface area contributed by atoms with Crippen molar-refractivity contribution in [1.29, 1.82) is 0 Å². The molecule has 152 valence electrons. The van der Waals surface area contributed by atoms with Crippen molar-refractivity contribution in [2.75, 3.05) is 24.9 Å². The Bertz CT molecular complexity index is 1230. The summed E-state index contributed by atoms with van der Waals surface area (Å²) in [4.78, 5) is 16.2. The van der Waals surface area contributed by atoms with Crippen LogP contribution in [-0.2, 0) is 4.74 Å². The molecule has 3 aromatic carbocycles. The van der Waals surface area contributed by atoms with Crippen LogP contribution in [0.2, 0.25) is 0 Å². The highest BCUT2D eigenvalue weighted by Crippen LogP contribution is 2.36. The molecule has 0 fully saturated rings.